The molecule has 0 heterocycles. The Morgan fingerprint density at radius 1 is 0.889 bits per heavy atom. The van der Waals surface area contributed by atoms with Crippen molar-refractivity contribution >= 4 is 28.0 Å². The number of hydrogen-bond donors (Lipinski definition) is 0. The number of hydrogen-bond acceptors (Lipinski definition) is 2. The maximum absolute atomic E-state index is 10.5. The average molecular weight is 262 g/mol. The molecule has 0 aliphatic carbocycles. The van der Waals surface area contributed by atoms with Gasteiger partial charge in [-0.25, -0.2) is 0 Å². The van der Waals surface area contributed by atoms with E-state index in [1.54, 1.807) is 6.07 Å². The van der Waals surface area contributed by atoms with Crippen LogP contribution in [0.15, 0.2) is 54.6 Å². The topological polar surface area (TPSA) is 26.3 Å². The molecule has 0 bridgehead atoms. The Labute approximate surface area is 149 Å². The smallest absolute Gasteiger partial charge is 1.00 e. The third-order valence-electron chi connectivity index (χ3n) is 2.88. The maximum atomic E-state index is 10.5. The van der Waals surface area contributed by atoms with Crippen molar-refractivity contribution in [3.8, 4) is 5.75 Å². The number of ether oxygens (including phenoxy) is 1. The Kier molecular flexibility index (Phi) is 4.53. The number of carbonyl (C=O) groups is 1. The second-order valence-electron chi connectivity index (χ2n) is 3.89. The summed E-state index contributed by atoms with van der Waals surface area (Å²) in [6, 6.07) is 18.0. The molecule has 18 heavy (non-hydrogen) atoms. The molecular weight excluding hydrogens is 251 g/mol. The van der Waals surface area contributed by atoms with E-state index in [0.717, 1.165) is 16.2 Å². The fourth-order valence-corrected chi connectivity index (χ4v) is 2.09. The first kappa shape index (κ1) is 13.7. The molecule has 0 saturated heterocycles. The van der Waals surface area contributed by atoms with Crippen molar-refractivity contribution in [2.75, 3.05) is 0 Å². The van der Waals surface area contributed by atoms with Gasteiger partial charge >= 0.3 is 51.4 Å². The second-order valence-corrected chi connectivity index (χ2v) is 3.89. The molecule has 0 aliphatic heterocycles. The molecule has 3 heteroatoms. The zero-order chi connectivity index (χ0) is 11.7. The van der Waals surface area contributed by atoms with Crippen LogP contribution >= 0.6 is 0 Å². The van der Waals surface area contributed by atoms with Gasteiger partial charge in [0.1, 0.15) is 5.75 Å². The molecule has 0 N–H and O–H groups in total. The van der Waals surface area contributed by atoms with E-state index in [1.165, 1.54) is 5.39 Å². The van der Waals surface area contributed by atoms with Gasteiger partial charge in [-0.3, -0.25) is 4.79 Å². The van der Waals surface area contributed by atoms with E-state index in [1.807, 2.05) is 36.4 Å². The van der Waals surface area contributed by atoms with Crippen LogP contribution in [0.3, 0.4) is 0 Å². The maximum Gasteiger partial charge on any atom is 1.00 e. The Balaban J connectivity index is 0.000000902. The fraction of sp³-hybridized carbons (Fsp3) is 0. The quantitative estimate of drug-likeness (QED) is 0.385. The van der Waals surface area contributed by atoms with Crippen molar-refractivity contribution in [1.82, 2.24) is 0 Å². The molecule has 0 spiro atoms. The van der Waals surface area contributed by atoms with E-state index in [0.29, 0.717) is 12.2 Å². The van der Waals surface area contributed by atoms with Crippen LogP contribution in [0.2, 0.25) is 0 Å². The van der Waals surface area contributed by atoms with Crippen LogP contribution in [-0.4, -0.2) is 6.47 Å². The van der Waals surface area contributed by atoms with E-state index in [9.17, 15) is 4.79 Å². The third kappa shape index (κ3) is 2.51. The molecule has 3 rings (SSSR count). The van der Waals surface area contributed by atoms with Crippen molar-refractivity contribution < 1.29 is 62.3 Å². The predicted molar refractivity (Wildman–Crippen MR) is 69.3 cm³/mol. The first-order valence-corrected chi connectivity index (χ1v) is 5.40. The first-order valence-electron chi connectivity index (χ1n) is 5.40. The summed E-state index contributed by atoms with van der Waals surface area (Å²) in [5, 5.41) is 4.35. The fourth-order valence-electron chi connectivity index (χ4n) is 2.09. The zero-order valence-electron chi connectivity index (χ0n) is 11.1. The van der Waals surface area contributed by atoms with Gasteiger partial charge in [0, 0.05) is 5.39 Å². The van der Waals surface area contributed by atoms with Crippen LogP contribution < -0.4 is 56.1 Å². The van der Waals surface area contributed by atoms with Crippen molar-refractivity contribution in [2.45, 2.75) is 0 Å². The van der Waals surface area contributed by atoms with Crippen LogP contribution in [-0.2, 0) is 4.79 Å². The monoisotopic (exact) mass is 262 g/mol. The van der Waals surface area contributed by atoms with Crippen LogP contribution in [0.25, 0.3) is 21.5 Å². The minimum Gasteiger partial charge on any atom is -1.00 e. The Morgan fingerprint density at radius 3 is 2.28 bits per heavy atom. The largest absolute Gasteiger partial charge is 1.00 e. The van der Waals surface area contributed by atoms with Crippen LogP contribution in [0.5, 0.6) is 5.75 Å². The Bertz CT molecular complexity index is 713. The Morgan fingerprint density at radius 2 is 1.56 bits per heavy atom. The van der Waals surface area contributed by atoms with E-state index < -0.39 is 0 Å². The van der Waals surface area contributed by atoms with E-state index in [-0.39, 0.29) is 52.8 Å². The summed E-state index contributed by atoms with van der Waals surface area (Å²) in [4.78, 5) is 10.5. The number of rotatable bonds is 2. The predicted octanol–water partition coefficient (Wildman–Crippen LogP) is 0.645. The molecule has 0 radical (unpaired) electrons. The molecule has 0 unspecified atom stereocenters. The summed E-state index contributed by atoms with van der Waals surface area (Å²) in [6.45, 7) is 0.462. The summed E-state index contributed by atoms with van der Waals surface area (Å²) < 4.78 is 4.99. The van der Waals surface area contributed by atoms with Gasteiger partial charge in [-0.05, 0) is 34.4 Å². The summed E-state index contributed by atoms with van der Waals surface area (Å²) in [7, 11) is 0. The van der Waals surface area contributed by atoms with Crippen molar-refractivity contribution in [2.24, 2.45) is 0 Å². The van der Waals surface area contributed by atoms with Gasteiger partial charge < -0.3 is 6.16 Å². The molecule has 84 valence electrons. The van der Waals surface area contributed by atoms with Gasteiger partial charge in [0.2, 0.25) is 0 Å². The van der Waals surface area contributed by atoms with Gasteiger partial charge in [0.05, 0.1) is 0 Å². The molecule has 3 aromatic rings. The molecule has 3 aromatic carbocycles. The minimum absolute atomic E-state index is 0. The van der Waals surface area contributed by atoms with Crippen molar-refractivity contribution in [1.29, 1.82) is 0 Å². The summed E-state index contributed by atoms with van der Waals surface area (Å²) in [6.07, 6.45) is 0. The SMILES string of the molecule is O=COc1cccc2cc3ccccc3cc12.[H-].[K+]. The van der Waals surface area contributed by atoms with Crippen LogP contribution in [0.1, 0.15) is 1.43 Å². The van der Waals surface area contributed by atoms with Crippen molar-refractivity contribution in [3.63, 3.8) is 0 Å². The van der Waals surface area contributed by atoms with Gasteiger partial charge in [-0.1, -0.05) is 36.4 Å². The normalized spacial score (nSPS) is 10.0. The van der Waals surface area contributed by atoms with Gasteiger partial charge in [0.15, 0.2) is 0 Å². The van der Waals surface area contributed by atoms with E-state index in [4.69, 9.17) is 4.74 Å². The average Bonchev–Trinajstić information content (AvgIpc) is 2.37. The van der Waals surface area contributed by atoms with Crippen LogP contribution in [0.4, 0.5) is 0 Å². The molecule has 0 atom stereocenters. The molecular formula is C15H11KO2. The molecule has 2 nitrogen and oxygen atoms in total. The molecule has 0 fully saturated rings. The zero-order valence-corrected chi connectivity index (χ0v) is 13.2. The third-order valence-corrected chi connectivity index (χ3v) is 2.88. The summed E-state index contributed by atoms with van der Waals surface area (Å²) >= 11 is 0. The van der Waals surface area contributed by atoms with Gasteiger partial charge in [-0.2, -0.15) is 0 Å². The molecule has 0 aliphatic rings. The first-order chi connectivity index (χ1) is 8.38. The second kappa shape index (κ2) is 5.95. The summed E-state index contributed by atoms with van der Waals surface area (Å²) in [5.41, 5.74) is 0. The van der Waals surface area contributed by atoms with Crippen LogP contribution in [0, 0.1) is 0 Å². The molecule has 0 saturated carbocycles. The minimum atomic E-state index is 0. The number of carbonyl (C=O) groups excluding carboxylic acids is 1. The van der Waals surface area contributed by atoms with Gasteiger partial charge in [0.25, 0.3) is 6.47 Å². The molecule has 0 amide bonds. The number of fused-ring (bicyclic) bond motifs is 2. The Hall–Kier alpha value is -0.714. The standard InChI is InChI=1S/C15H10O2.K.H/c16-10-17-15-7-3-6-13-8-11-4-1-2-5-12(11)9-14(13)15;;/h1-10H;;/q;+1;-1. The van der Waals surface area contributed by atoms with E-state index >= 15 is 0 Å². The van der Waals surface area contributed by atoms with E-state index in [2.05, 4.69) is 12.1 Å². The van der Waals surface area contributed by atoms with Gasteiger partial charge in [-0.15, -0.1) is 0 Å². The molecule has 0 aromatic heterocycles. The summed E-state index contributed by atoms with van der Waals surface area (Å²) in [5.74, 6) is 0.600. The van der Waals surface area contributed by atoms with Crippen molar-refractivity contribution in [3.05, 3.63) is 54.6 Å². The number of benzene rings is 3.